The van der Waals surface area contributed by atoms with Gasteiger partial charge in [0.15, 0.2) is 6.10 Å². The van der Waals surface area contributed by atoms with Gasteiger partial charge >= 0.3 is 0 Å². The van der Waals surface area contributed by atoms with E-state index in [1.165, 1.54) is 12.8 Å². The van der Waals surface area contributed by atoms with E-state index in [4.69, 9.17) is 25.8 Å². The molecule has 0 bridgehead atoms. The Balaban J connectivity index is 1.70. The summed E-state index contributed by atoms with van der Waals surface area (Å²) in [4.78, 5) is 12.3. The molecule has 22 heavy (non-hydrogen) atoms. The normalized spacial score (nSPS) is 22.5. The fourth-order valence-electron chi connectivity index (χ4n) is 2.74. The minimum atomic E-state index is -0.591. The summed E-state index contributed by atoms with van der Waals surface area (Å²) in [7, 11) is 0. The van der Waals surface area contributed by atoms with Gasteiger partial charge in [0.05, 0.1) is 31.6 Å². The summed E-state index contributed by atoms with van der Waals surface area (Å²) in [5, 5.41) is 3.39. The maximum Gasteiger partial charge on any atom is 0.256 e. The molecule has 1 atom stereocenters. The monoisotopic (exact) mass is 325 g/mol. The number of ether oxygens (including phenoxy) is 3. The lowest BCUT2D eigenvalue weighted by Crippen LogP contribution is -2.39. The topological polar surface area (TPSA) is 56.8 Å². The average molecular weight is 326 g/mol. The molecule has 1 aliphatic heterocycles. The van der Waals surface area contributed by atoms with Crippen LogP contribution in [0.15, 0.2) is 18.2 Å². The smallest absolute Gasteiger partial charge is 0.256 e. The van der Waals surface area contributed by atoms with E-state index in [1.54, 1.807) is 18.2 Å². The number of halogens is 1. The van der Waals surface area contributed by atoms with Crippen LogP contribution in [0.1, 0.15) is 25.7 Å². The highest BCUT2D eigenvalue weighted by Crippen LogP contribution is 2.32. The van der Waals surface area contributed by atoms with Crippen LogP contribution in [-0.4, -0.2) is 37.9 Å². The van der Waals surface area contributed by atoms with Gasteiger partial charge in [0.1, 0.15) is 5.75 Å². The fourth-order valence-corrected chi connectivity index (χ4v) is 2.91. The van der Waals surface area contributed by atoms with E-state index < -0.39 is 6.10 Å². The van der Waals surface area contributed by atoms with Crippen molar-refractivity contribution in [2.24, 2.45) is 0 Å². The Hall–Kier alpha value is -1.30. The minimum Gasteiger partial charge on any atom is -0.488 e. The molecule has 1 N–H and O–H groups in total. The summed E-state index contributed by atoms with van der Waals surface area (Å²) < 4.78 is 16.7. The lowest BCUT2D eigenvalue weighted by molar-refractivity contribution is -0.142. The first-order chi connectivity index (χ1) is 10.7. The molecule has 2 fully saturated rings. The average Bonchev–Trinajstić information content (AvgIpc) is 3.04. The molecule has 2 aliphatic rings. The van der Waals surface area contributed by atoms with Crippen LogP contribution >= 0.6 is 11.6 Å². The highest BCUT2D eigenvalue weighted by Gasteiger charge is 2.24. The van der Waals surface area contributed by atoms with E-state index in [0.29, 0.717) is 29.7 Å². The van der Waals surface area contributed by atoms with Crippen LogP contribution in [-0.2, 0) is 14.3 Å². The first-order valence-corrected chi connectivity index (χ1v) is 8.06. The lowest BCUT2D eigenvalue weighted by atomic mass is 10.2. The number of benzene rings is 1. The van der Waals surface area contributed by atoms with Gasteiger partial charge in [-0.1, -0.05) is 11.6 Å². The van der Waals surface area contributed by atoms with Crippen molar-refractivity contribution in [3.8, 4) is 5.75 Å². The van der Waals surface area contributed by atoms with Crippen LogP contribution in [0.25, 0.3) is 0 Å². The molecule has 0 aromatic heterocycles. The van der Waals surface area contributed by atoms with Gasteiger partial charge in [-0.2, -0.15) is 0 Å². The Labute approximate surface area is 134 Å². The number of hydrogen-bond acceptors (Lipinski definition) is 4. The first-order valence-electron chi connectivity index (χ1n) is 7.69. The third-order valence-corrected chi connectivity index (χ3v) is 4.14. The molecule has 1 saturated carbocycles. The van der Waals surface area contributed by atoms with E-state index in [2.05, 4.69) is 5.32 Å². The molecule has 5 nitrogen and oxygen atoms in total. The number of carbonyl (C=O) groups excluding carboxylic acids is 1. The van der Waals surface area contributed by atoms with E-state index in [-0.39, 0.29) is 18.6 Å². The van der Waals surface area contributed by atoms with E-state index in [9.17, 15) is 4.79 Å². The highest BCUT2D eigenvalue weighted by atomic mass is 35.5. The molecular weight excluding hydrogens is 306 g/mol. The molecule has 1 heterocycles. The zero-order valence-electron chi connectivity index (χ0n) is 12.3. The van der Waals surface area contributed by atoms with Gasteiger partial charge in [-0.3, -0.25) is 4.79 Å². The molecule has 1 amide bonds. The SMILES string of the molecule is O=C(Nc1cc(Cl)ccc1OC1CCCC1)C1COCCO1. The van der Waals surface area contributed by atoms with Crippen molar-refractivity contribution in [2.75, 3.05) is 25.1 Å². The third-order valence-electron chi connectivity index (χ3n) is 3.90. The third kappa shape index (κ3) is 3.91. The molecule has 1 aliphatic carbocycles. The second-order valence-corrected chi connectivity index (χ2v) is 6.02. The van der Waals surface area contributed by atoms with Crippen LogP contribution in [0.5, 0.6) is 5.75 Å². The Bertz CT molecular complexity index is 525. The number of nitrogens with one attached hydrogen (secondary N) is 1. The summed E-state index contributed by atoms with van der Waals surface area (Å²) >= 11 is 6.04. The molecule has 1 aromatic carbocycles. The second-order valence-electron chi connectivity index (χ2n) is 5.59. The second kappa shape index (κ2) is 7.31. The largest absolute Gasteiger partial charge is 0.488 e. The van der Waals surface area contributed by atoms with Gasteiger partial charge in [-0.05, 0) is 43.9 Å². The molecule has 1 aromatic rings. The number of rotatable bonds is 4. The predicted molar refractivity (Wildman–Crippen MR) is 83.5 cm³/mol. The summed E-state index contributed by atoms with van der Waals surface area (Å²) in [6.07, 6.45) is 4.10. The molecule has 0 radical (unpaired) electrons. The Morgan fingerprint density at radius 2 is 2.09 bits per heavy atom. The molecule has 0 spiro atoms. The van der Waals surface area contributed by atoms with Crippen molar-refractivity contribution < 1.29 is 19.0 Å². The molecular formula is C16H20ClNO4. The summed E-state index contributed by atoms with van der Waals surface area (Å²) in [5.74, 6) is 0.416. The zero-order chi connectivity index (χ0) is 15.4. The maximum absolute atomic E-state index is 12.3. The standard InChI is InChI=1S/C16H20ClNO4/c17-11-5-6-14(22-12-3-1-2-4-12)13(9-11)18-16(19)15-10-20-7-8-21-15/h5-6,9,12,15H,1-4,7-8,10H2,(H,18,19). The Morgan fingerprint density at radius 1 is 1.27 bits per heavy atom. The van der Waals surface area contributed by atoms with Crippen LogP contribution < -0.4 is 10.1 Å². The summed E-state index contributed by atoms with van der Waals surface area (Å²) in [6.45, 7) is 1.22. The van der Waals surface area contributed by atoms with Crippen molar-refractivity contribution in [1.29, 1.82) is 0 Å². The quantitative estimate of drug-likeness (QED) is 0.924. The maximum atomic E-state index is 12.3. The van der Waals surface area contributed by atoms with Gasteiger partial charge in [0.2, 0.25) is 0 Å². The van der Waals surface area contributed by atoms with Gasteiger partial charge in [0.25, 0.3) is 5.91 Å². The number of hydrogen-bond donors (Lipinski definition) is 1. The van der Waals surface area contributed by atoms with Crippen LogP contribution in [0.2, 0.25) is 5.02 Å². The fraction of sp³-hybridized carbons (Fsp3) is 0.562. The first kappa shape index (κ1) is 15.6. The Morgan fingerprint density at radius 3 is 2.82 bits per heavy atom. The lowest BCUT2D eigenvalue weighted by Gasteiger charge is -2.23. The van der Waals surface area contributed by atoms with Crippen LogP contribution in [0.3, 0.4) is 0 Å². The van der Waals surface area contributed by atoms with Crippen molar-refractivity contribution in [3.05, 3.63) is 23.2 Å². The van der Waals surface area contributed by atoms with Gasteiger partial charge < -0.3 is 19.5 Å². The zero-order valence-corrected chi connectivity index (χ0v) is 13.1. The molecule has 1 saturated heterocycles. The number of anilines is 1. The molecule has 120 valence electrons. The summed E-state index contributed by atoms with van der Waals surface area (Å²) in [6, 6.07) is 5.27. The predicted octanol–water partition coefficient (Wildman–Crippen LogP) is 3.02. The van der Waals surface area contributed by atoms with Crippen molar-refractivity contribution in [1.82, 2.24) is 0 Å². The summed E-state index contributed by atoms with van der Waals surface area (Å²) in [5.41, 5.74) is 0.582. The van der Waals surface area contributed by atoms with Crippen molar-refractivity contribution in [2.45, 2.75) is 37.9 Å². The highest BCUT2D eigenvalue weighted by molar-refractivity contribution is 6.31. The minimum absolute atomic E-state index is 0.214. The van der Waals surface area contributed by atoms with Crippen molar-refractivity contribution >= 4 is 23.2 Å². The van der Waals surface area contributed by atoms with E-state index >= 15 is 0 Å². The molecule has 3 rings (SSSR count). The molecule has 1 unspecified atom stereocenters. The molecule has 6 heteroatoms. The van der Waals surface area contributed by atoms with E-state index in [1.807, 2.05) is 0 Å². The van der Waals surface area contributed by atoms with Gasteiger partial charge in [-0.15, -0.1) is 0 Å². The van der Waals surface area contributed by atoms with Gasteiger partial charge in [0, 0.05) is 5.02 Å². The van der Waals surface area contributed by atoms with Crippen LogP contribution in [0.4, 0.5) is 5.69 Å². The van der Waals surface area contributed by atoms with Crippen LogP contribution in [0, 0.1) is 0 Å². The Kier molecular flexibility index (Phi) is 5.18. The van der Waals surface area contributed by atoms with Crippen molar-refractivity contribution in [3.63, 3.8) is 0 Å². The number of carbonyl (C=O) groups is 1. The van der Waals surface area contributed by atoms with E-state index in [0.717, 1.165) is 12.8 Å². The van der Waals surface area contributed by atoms with Gasteiger partial charge in [-0.25, -0.2) is 0 Å². The number of amides is 1.